The van der Waals surface area contributed by atoms with Gasteiger partial charge < -0.3 is 0 Å². The second-order valence-corrected chi connectivity index (χ2v) is 3.13. The van der Waals surface area contributed by atoms with Crippen molar-refractivity contribution >= 4 is 0 Å². The SMILES string of the molecule is CC(C)c1c[c]nn1CC(F)(F)F. The van der Waals surface area contributed by atoms with Crippen LogP contribution in [0.4, 0.5) is 13.2 Å². The van der Waals surface area contributed by atoms with E-state index < -0.39 is 12.7 Å². The average Bonchev–Trinajstić information content (AvgIpc) is 2.31. The smallest absolute Gasteiger partial charge is 0.259 e. The van der Waals surface area contributed by atoms with Gasteiger partial charge in [0.2, 0.25) is 0 Å². The van der Waals surface area contributed by atoms with Gasteiger partial charge in [0.15, 0.2) is 0 Å². The molecule has 0 fully saturated rings. The van der Waals surface area contributed by atoms with Crippen LogP contribution in [0.15, 0.2) is 6.07 Å². The molecule has 1 radical (unpaired) electrons. The van der Waals surface area contributed by atoms with Crippen molar-refractivity contribution in [1.29, 1.82) is 0 Å². The minimum absolute atomic E-state index is 0.0288. The summed E-state index contributed by atoms with van der Waals surface area (Å²) in [6, 6.07) is 1.48. The number of hydrogen-bond acceptors (Lipinski definition) is 1. The third kappa shape index (κ3) is 2.75. The maximum atomic E-state index is 12.0. The van der Waals surface area contributed by atoms with Crippen molar-refractivity contribution in [3.8, 4) is 0 Å². The van der Waals surface area contributed by atoms with Gasteiger partial charge in [0, 0.05) is 5.69 Å². The van der Waals surface area contributed by atoms with Crippen LogP contribution in [0.3, 0.4) is 0 Å². The predicted molar refractivity (Wildman–Crippen MR) is 41.2 cm³/mol. The Kier molecular flexibility index (Phi) is 2.63. The lowest BCUT2D eigenvalue weighted by molar-refractivity contribution is -0.143. The maximum absolute atomic E-state index is 12.0. The fraction of sp³-hybridized carbons (Fsp3) is 0.625. The zero-order chi connectivity index (χ0) is 10.1. The van der Waals surface area contributed by atoms with Gasteiger partial charge in [-0.15, -0.1) is 0 Å². The minimum atomic E-state index is -4.22. The Morgan fingerprint density at radius 3 is 2.62 bits per heavy atom. The quantitative estimate of drug-likeness (QED) is 0.701. The summed E-state index contributed by atoms with van der Waals surface area (Å²) in [4.78, 5) is 0. The molecular weight excluding hydrogens is 181 g/mol. The molecule has 2 nitrogen and oxygen atoms in total. The van der Waals surface area contributed by atoms with Crippen molar-refractivity contribution in [1.82, 2.24) is 9.78 Å². The van der Waals surface area contributed by atoms with Crippen LogP contribution in [-0.4, -0.2) is 16.0 Å². The van der Waals surface area contributed by atoms with E-state index in [4.69, 9.17) is 0 Å². The first kappa shape index (κ1) is 10.1. The molecular formula is C8H10F3N2. The zero-order valence-electron chi connectivity index (χ0n) is 7.39. The lowest BCUT2D eigenvalue weighted by Crippen LogP contribution is -2.20. The first-order valence-electron chi connectivity index (χ1n) is 3.90. The molecule has 0 amide bonds. The van der Waals surface area contributed by atoms with Crippen LogP contribution in [-0.2, 0) is 6.54 Å². The van der Waals surface area contributed by atoms with Crippen molar-refractivity contribution in [2.45, 2.75) is 32.5 Å². The van der Waals surface area contributed by atoms with Crippen LogP contribution in [0.25, 0.3) is 0 Å². The van der Waals surface area contributed by atoms with E-state index in [2.05, 4.69) is 11.3 Å². The van der Waals surface area contributed by atoms with Gasteiger partial charge in [0.05, 0.1) is 0 Å². The predicted octanol–water partition coefficient (Wildman–Crippen LogP) is 2.37. The van der Waals surface area contributed by atoms with Crippen molar-refractivity contribution in [3.05, 3.63) is 18.0 Å². The van der Waals surface area contributed by atoms with Crippen LogP contribution in [0.1, 0.15) is 25.5 Å². The minimum Gasteiger partial charge on any atom is -0.259 e. The van der Waals surface area contributed by atoms with Crippen LogP contribution in [0, 0.1) is 6.20 Å². The topological polar surface area (TPSA) is 17.8 Å². The van der Waals surface area contributed by atoms with Crippen molar-refractivity contribution in [2.24, 2.45) is 0 Å². The highest BCUT2D eigenvalue weighted by Crippen LogP contribution is 2.20. The maximum Gasteiger partial charge on any atom is 0.408 e. The van der Waals surface area contributed by atoms with Gasteiger partial charge in [0.1, 0.15) is 12.7 Å². The zero-order valence-corrected chi connectivity index (χ0v) is 7.39. The molecule has 0 atom stereocenters. The van der Waals surface area contributed by atoms with Crippen molar-refractivity contribution in [3.63, 3.8) is 0 Å². The van der Waals surface area contributed by atoms with Crippen molar-refractivity contribution in [2.75, 3.05) is 0 Å². The number of alkyl halides is 3. The Morgan fingerprint density at radius 1 is 1.54 bits per heavy atom. The van der Waals surface area contributed by atoms with E-state index in [0.29, 0.717) is 5.69 Å². The van der Waals surface area contributed by atoms with Crippen LogP contribution in [0.5, 0.6) is 0 Å². The molecule has 73 valence electrons. The number of aromatic nitrogens is 2. The van der Waals surface area contributed by atoms with E-state index in [1.807, 2.05) is 13.8 Å². The molecule has 0 aliphatic rings. The standard InChI is InChI=1S/C8H10F3N2/c1-6(2)7-3-4-12-13(7)5-8(9,10)11/h3,6H,5H2,1-2H3. The fourth-order valence-electron chi connectivity index (χ4n) is 1.06. The summed E-state index contributed by atoms with van der Waals surface area (Å²) in [6.07, 6.45) is -1.80. The van der Waals surface area contributed by atoms with Crippen LogP contribution < -0.4 is 0 Å². The van der Waals surface area contributed by atoms with Gasteiger partial charge >= 0.3 is 6.18 Å². The summed E-state index contributed by atoms with van der Waals surface area (Å²) in [6.45, 7) is 2.60. The normalized spacial score (nSPS) is 12.5. The molecule has 1 aromatic rings. The molecule has 0 bridgehead atoms. The Balaban J connectivity index is 2.83. The number of rotatable bonds is 2. The van der Waals surface area contributed by atoms with Gasteiger partial charge in [-0.1, -0.05) is 13.8 Å². The van der Waals surface area contributed by atoms with Gasteiger partial charge in [-0.05, 0) is 12.0 Å². The summed E-state index contributed by atoms with van der Waals surface area (Å²) in [5, 5.41) is 3.49. The first-order chi connectivity index (χ1) is 5.90. The molecule has 0 aliphatic heterocycles. The molecule has 1 aromatic heterocycles. The van der Waals surface area contributed by atoms with Crippen molar-refractivity contribution < 1.29 is 13.2 Å². The van der Waals surface area contributed by atoms with Gasteiger partial charge in [-0.25, -0.2) is 0 Å². The number of halogens is 3. The van der Waals surface area contributed by atoms with E-state index in [-0.39, 0.29) is 5.92 Å². The molecule has 0 saturated heterocycles. The molecule has 0 aliphatic carbocycles. The highest BCUT2D eigenvalue weighted by Gasteiger charge is 2.29. The molecule has 13 heavy (non-hydrogen) atoms. The van der Waals surface area contributed by atoms with E-state index in [0.717, 1.165) is 4.68 Å². The van der Waals surface area contributed by atoms with E-state index in [9.17, 15) is 13.2 Å². The fourth-order valence-corrected chi connectivity index (χ4v) is 1.06. The second-order valence-electron chi connectivity index (χ2n) is 3.13. The summed E-state index contributed by atoms with van der Waals surface area (Å²) in [5.74, 6) is 0.0288. The van der Waals surface area contributed by atoms with Gasteiger partial charge in [0.25, 0.3) is 0 Å². The summed E-state index contributed by atoms with van der Waals surface area (Å²) in [5.41, 5.74) is 0.553. The molecule has 0 saturated carbocycles. The summed E-state index contributed by atoms with van der Waals surface area (Å²) >= 11 is 0. The molecule has 0 spiro atoms. The van der Waals surface area contributed by atoms with Gasteiger partial charge in [-0.3, -0.25) is 4.68 Å². The third-order valence-electron chi connectivity index (χ3n) is 1.61. The Morgan fingerprint density at radius 2 is 2.15 bits per heavy atom. The third-order valence-corrected chi connectivity index (χ3v) is 1.61. The number of hydrogen-bond donors (Lipinski definition) is 0. The molecule has 1 heterocycles. The molecule has 5 heteroatoms. The van der Waals surface area contributed by atoms with Crippen LogP contribution >= 0.6 is 0 Å². The summed E-state index contributed by atoms with van der Waals surface area (Å²) < 4.78 is 36.9. The molecule has 0 unspecified atom stereocenters. The Labute approximate surface area is 74.4 Å². The molecule has 1 rings (SSSR count). The molecule has 0 aromatic carbocycles. The second kappa shape index (κ2) is 3.40. The monoisotopic (exact) mass is 191 g/mol. The number of nitrogens with zero attached hydrogens (tertiary/aromatic N) is 2. The summed E-state index contributed by atoms with van der Waals surface area (Å²) in [7, 11) is 0. The van der Waals surface area contributed by atoms with E-state index >= 15 is 0 Å². The largest absolute Gasteiger partial charge is 0.408 e. The lowest BCUT2D eigenvalue weighted by Gasteiger charge is -2.11. The Hall–Kier alpha value is -1.00. The highest BCUT2D eigenvalue weighted by molar-refractivity contribution is 5.04. The van der Waals surface area contributed by atoms with Gasteiger partial charge in [-0.2, -0.15) is 18.3 Å². The first-order valence-corrected chi connectivity index (χ1v) is 3.90. The van der Waals surface area contributed by atoms with Crippen LogP contribution in [0.2, 0.25) is 0 Å². The lowest BCUT2D eigenvalue weighted by atomic mass is 10.1. The highest BCUT2D eigenvalue weighted by atomic mass is 19.4. The van der Waals surface area contributed by atoms with E-state index in [1.165, 1.54) is 6.07 Å². The molecule has 0 N–H and O–H groups in total. The average molecular weight is 191 g/mol. The van der Waals surface area contributed by atoms with E-state index in [1.54, 1.807) is 0 Å². The Bertz CT molecular complexity index is 275.